The molecule has 0 bridgehead atoms. The maximum Gasteiger partial charge on any atom is 0.217 e. The molecule has 40 atom stereocenters. The average Bonchev–Trinajstić information content (AvgIpc) is 0.783. The van der Waals surface area contributed by atoms with E-state index in [1.54, 1.807) is 0 Å². The van der Waals surface area contributed by atoms with Crippen LogP contribution in [0.4, 0.5) is 0 Å². The molecule has 562 valence electrons. The van der Waals surface area contributed by atoms with Gasteiger partial charge in [-0.3, -0.25) is 14.4 Å². The number of aliphatic hydroxyl groups is 22. The highest BCUT2D eigenvalue weighted by Gasteiger charge is 2.60. The molecule has 97 heavy (non-hydrogen) atoms. The summed E-state index contributed by atoms with van der Waals surface area (Å²) in [5.74, 6) is -2.61. The summed E-state index contributed by atoms with van der Waals surface area (Å²) in [4.78, 5) is 38.1. The second kappa shape index (κ2) is 34.5. The number of hydrogen-bond acceptors (Lipinski definition) is 40. The van der Waals surface area contributed by atoms with E-state index in [2.05, 4.69) is 16.0 Å². The van der Waals surface area contributed by atoms with E-state index in [9.17, 15) is 127 Å². The van der Waals surface area contributed by atoms with Gasteiger partial charge >= 0.3 is 0 Å². The van der Waals surface area contributed by atoms with Crippen LogP contribution in [0.5, 0.6) is 0 Å². The van der Waals surface area contributed by atoms with Crippen molar-refractivity contribution in [3.05, 3.63) is 0 Å². The molecule has 0 aromatic heterocycles. The minimum Gasteiger partial charge on any atom is -0.394 e. The van der Waals surface area contributed by atoms with Crippen molar-refractivity contribution in [2.24, 2.45) is 0 Å². The first-order chi connectivity index (χ1) is 45.8. The Balaban J connectivity index is 1.13. The molecular weight excluding hydrogens is 1330 g/mol. The molecule has 8 aliphatic rings. The second-order valence-corrected chi connectivity index (χ2v) is 24.6. The molecule has 8 fully saturated rings. The Bertz CT molecular complexity index is 2490. The normalized spacial score (nSPS) is 49.9. The van der Waals surface area contributed by atoms with Crippen molar-refractivity contribution < 1.29 is 198 Å². The van der Waals surface area contributed by atoms with E-state index in [1.807, 2.05) is 0 Å². The standard InChI is InChI=1S/C54H91N3O40/c1-12-26(67)34(75)37(78)51(84-12)94-43-25(57-15(4)66)47(82)85-21(10-63)42(43)93-49-24(56-14(3)65)33(74)41(20(9-62)90-49)92-53-40(81)45(96-54-46(36(77)29(70)18(7-60)89-54)97-48-23(55-13(2)64)32(73)27(68)16(5-58)86-48)31(72)22(91-53)11-83-50-39(80)44(30(71)19(8-61)87-50)95-52-38(79)35(76)28(69)17(6-59)88-52/h12,16-54,58-63,67-82H,5-11H2,1-4H3,(H,55,64)(H,56,65)(H,57,66)/t12-,16+,17+,18+,19+,20+,21+,22+,23+,24+,25+,26+,27+,28+,29+,30+,31+,32+,33+,34+,35-,36-,37-,38-,39-,40-,41+,42+,43+,44-,45-,46-,47+,48-,49-,50-,51-,52+,53-,54+/m0/s1. The van der Waals surface area contributed by atoms with Gasteiger partial charge in [0.15, 0.2) is 50.3 Å². The predicted molar refractivity (Wildman–Crippen MR) is 298 cm³/mol. The molecule has 8 aliphatic heterocycles. The summed E-state index contributed by atoms with van der Waals surface area (Å²) in [5.41, 5.74) is 0. The van der Waals surface area contributed by atoms with Crippen LogP contribution < -0.4 is 16.0 Å². The maximum absolute atomic E-state index is 13.1. The van der Waals surface area contributed by atoms with Crippen LogP contribution in [0.1, 0.15) is 27.7 Å². The van der Waals surface area contributed by atoms with Crippen molar-refractivity contribution in [2.45, 2.75) is 273 Å². The smallest absolute Gasteiger partial charge is 0.217 e. The van der Waals surface area contributed by atoms with E-state index in [0.717, 1.165) is 20.8 Å². The van der Waals surface area contributed by atoms with Crippen LogP contribution in [0.2, 0.25) is 0 Å². The Morgan fingerprint density at radius 3 is 1.19 bits per heavy atom. The van der Waals surface area contributed by atoms with Gasteiger partial charge in [0, 0.05) is 20.8 Å². The summed E-state index contributed by atoms with van der Waals surface area (Å²) >= 11 is 0. The lowest BCUT2D eigenvalue weighted by Crippen LogP contribution is -2.71. The van der Waals surface area contributed by atoms with Gasteiger partial charge in [-0.15, -0.1) is 0 Å². The Hall–Kier alpha value is -3.07. The summed E-state index contributed by atoms with van der Waals surface area (Å²) in [7, 11) is 0. The van der Waals surface area contributed by atoms with Crippen molar-refractivity contribution >= 4 is 17.7 Å². The van der Waals surface area contributed by atoms with Gasteiger partial charge in [0.05, 0.1) is 52.4 Å². The highest BCUT2D eigenvalue weighted by molar-refractivity contribution is 5.74. The number of ether oxygens (including phenoxy) is 15. The predicted octanol–water partition coefficient (Wildman–Crippen LogP) is -17.0. The zero-order chi connectivity index (χ0) is 71.5. The molecule has 43 nitrogen and oxygen atoms in total. The molecule has 0 aromatic carbocycles. The Kier molecular flexibility index (Phi) is 28.3. The number of hydrogen-bond donors (Lipinski definition) is 25. The lowest BCUT2D eigenvalue weighted by molar-refractivity contribution is -0.396. The first-order valence-electron chi connectivity index (χ1n) is 31.0. The summed E-state index contributed by atoms with van der Waals surface area (Å²) in [5, 5.41) is 249. The van der Waals surface area contributed by atoms with E-state index in [0.29, 0.717) is 0 Å². The van der Waals surface area contributed by atoms with Crippen molar-refractivity contribution in [3.63, 3.8) is 0 Å². The number of amides is 3. The Morgan fingerprint density at radius 2 is 0.639 bits per heavy atom. The SMILES string of the molecule is CC(=O)N[C@@H]1[C@@H](O[C@@H]2O[C@@H](C)[C@@H](O)[C@@H](O)[C@@H]2O)[C@H](O[C@@H]2O[C@H](CO)[C@@H](O[C@@H]3O[C@H](CO[C@H]4O[C@H](CO)[C@@H](O)[C@H](O[C@H]5O[C@H](CO)[C@@H](O)[C@H](O)[C@@H]5O)[C@@H]4O)[C@@H](O)[C@H](O[C@H]4O[C@H](CO)[C@@H](O)[C@H](O)[C@@H]4O[C@@H]4O[C@H](CO)[C@@H](O)[C@H](O)[C@H]4NC(C)=O)[C@@H]3O)[C@H](O)[C@H]2NC(C)=O)[C@@H](CO)O[C@H]1O. The number of carbonyl (C=O) groups is 3. The highest BCUT2D eigenvalue weighted by Crippen LogP contribution is 2.39. The number of nitrogens with one attached hydrogen (secondary N) is 3. The van der Waals surface area contributed by atoms with E-state index >= 15 is 0 Å². The molecule has 25 N–H and O–H groups in total. The van der Waals surface area contributed by atoms with Gasteiger partial charge in [0.1, 0.15) is 189 Å². The minimum absolute atomic E-state index is 0.822. The zero-order valence-corrected chi connectivity index (χ0v) is 52.2. The molecular formula is C54H91N3O40. The number of carbonyl (C=O) groups excluding carboxylic acids is 3. The summed E-state index contributed by atoms with van der Waals surface area (Å²) in [6.07, 6.45) is -74.0. The fraction of sp³-hybridized carbons (Fsp3) is 0.944. The van der Waals surface area contributed by atoms with E-state index in [-0.39, 0.29) is 0 Å². The Morgan fingerprint density at radius 1 is 0.289 bits per heavy atom. The monoisotopic (exact) mass is 1420 g/mol. The second-order valence-electron chi connectivity index (χ2n) is 24.6. The van der Waals surface area contributed by atoms with Gasteiger partial charge in [-0.05, 0) is 6.92 Å². The van der Waals surface area contributed by atoms with Gasteiger partial charge in [-0.25, -0.2) is 0 Å². The first-order valence-corrected chi connectivity index (χ1v) is 31.0. The quantitative estimate of drug-likeness (QED) is 0.0427. The van der Waals surface area contributed by atoms with Crippen molar-refractivity contribution in [3.8, 4) is 0 Å². The van der Waals surface area contributed by atoms with Crippen LogP contribution in [-0.4, -0.2) is 422 Å². The molecule has 8 heterocycles. The summed E-state index contributed by atoms with van der Waals surface area (Å²) in [6.45, 7) is -3.14. The van der Waals surface area contributed by atoms with Crippen LogP contribution in [0.25, 0.3) is 0 Å². The molecule has 0 saturated carbocycles. The van der Waals surface area contributed by atoms with Gasteiger partial charge in [0.25, 0.3) is 0 Å². The van der Waals surface area contributed by atoms with Crippen LogP contribution >= 0.6 is 0 Å². The third-order valence-corrected chi connectivity index (χ3v) is 17.8. The largest absolute Gasteiger partial charge is 0.394 e. The van der Waals surface area contributed by atoms with Crippen LogP contribution in [0.15, 0.2) is 0 Å². The minimum atomic E-state index is -2.48. The van der Waals surface area contributed by atoms with Crippen molar-refractivity contribution in [2.75, 3.05) is 46.2 Å². The van der Waals surface area contributed by atoms with E-state index < -0.39 is 309 Å². The van der Waals surface area contributed by atoms with Gasteiger partial charge < -0.3 is 199 Å². The van der Waals surface area contributed by atoms with Gasteiger partial charge in [-0.2, -0.15) is 0 Å². The first kappa shape index (κ1) is 79.6. The van der Waals surface area contributed by atoms with Crippen LogP contribution in [0.3, 0.4) is 0 Å². The van der Waals surface area contributed by atoms with Crippen molar-refractivity contribution in [1.29, 1.82) is 0 Å². The Labute approximate surface area is 549 Å². The fourth-order valence-electron chi connectivity index (χ4n) is 12.5. The van der Waals surface area contributed by atoms with Crippen LogP contribution in [0, 0.1) is 0 Å². The molecule has 8 saturated heterocycles. The number of aliphatic hydroxyl groups excluding tert-OH is 22. The molecule has 0 radical (unpaired) electrons. The van der Waals surface area contributed by atoms with Gasteiger partial charge in [0.2, 0.25) is 17.7 Å². The van der Waals surface area contributed by atoms with Crippen molar-refractivity contribution in [1.82, 2.24) is 16.0 Å². The summed E-state index contributed by atoms with van der Waals surface area (Å²) < 4.78 is 88.2. The highest BCUT2D eigenvalue weighted by atomic mass is 16.8. The van der Waals surface area contributed by atoms with E-state index in [4.69, 9.17) is 71.1 Å². The zero-order valence-electron chi connectivity index (χ0n) is 52.2. The number of rotatable bonds is 24. The molecule has 0 aromatic rings. The summed E-state index contributed by atoms with van der Waals surface area (Å²) in [6, 6.07) is -5.39. The molecule has 0 unspecified atom stereocenters. The van der Waals surface area contributed by atoms with Crippen LogP contribution in [-0.2, 0) is 85.4 Å². The topological polar surface area (TPSA) is 671 Å². The molecule has 8 rings (SSSR count). The lowest BCUT2D eigenvalue weighted by Gasteiger charge is -2.51. The third-order valence-electron chi connectivity index (χ3n) is 17.8. The molecule has 3 amide bonds. The molecule has 0 spiro atoms. The maximum atomic E-state index is 13.1. The third kappa shape index (κ3) is 17.4. The van der Waals surface area contributed by atoms with E-state index in [1.165, 1.54) is 6.92 Å². The van der Waals surface area contributed by atoms with Gasteiger partial charge in [-0.1, -0.05) is 0 Å². The fourth-order valence-corrected chi connectivity index (χ4v) is 12.5. The lowest BCUT2D eigenvalue weighted by atomic mass is 9.93. The average molecular weight is 1420 g/mol. The molecule has 43 heteroatoms. The molecule has 0 aliphatic carbocycles.